The highest BCUT2D eigenvalue weighted by molar-refractivity contribution is 6.61. The van der Waals surface area contributed by atoms with Crippen LogP contribution < -0.4 is 5.32 Å². The van der Waals surface area contributed by atoms with E-state index >= 15 is 0 Å². The fourth-order valence-corrected chi connectivity index (χ4v) is 8.56. The third-order valence-corrected chi connectivity index (χ3v) is 10.1. The van der Waals surface area contributed by atoms with E-state index in [4.69, 9.17) is 26.6 Å². The Morgan fingerprint density at radius 1 is 0.571 bits per heavy atom. The van der Waals surface area contributed by atoms with Crippen LogP contribution in [0.15, 0.2) is 0 Å². The van der Waals surface area contributed by atoms with Crippen molar-refractivity contribution in [3.63, 3.8) is 0 Å². The topological polar surface area (TPSA) is 73.9 Å². The fourth-order valence-electron chi connectivity index (χ4n) is 3.35. The maximum atomic E-state index is 6.01. The molecule has 9 nitrogen and oxygen atoms in total. The van der Waals surface area contributed by atoms with Crippen molar-refractivity contribution in [1.82, 2.24) is 15.1 Å². The molecule has 0 aromatic rings. The van der Waals surface area contributed by atoms with E-state index in [1.54, 1.807) is 0 Å². The summed E-state index contributed by atoms with van der Waals surface area (Å²) < 4.78 is 36.0. The molecule has 0 unspecified atom stereocenters. The lowest BCUT2D eigenvalue weighted by molar-refractivity contribution is 0.0138. The summed E-state index contributed by atoms with van der Waals surface area (Å²) in [6, 6.07) is 0. The lowest BCUT2D eigenvalue weighted by Gasteiger charge is -2.41. The molecular formula is C17H41N3O6Si2. The first-order valence-corrected chi connectivity index (χ1v) is 14.4. The highest BCUT2D eigenvalue weighted by Crippen LogP contribution is 2.17. The number of hydrogen-bond acceptors (Lipinski definition) is 9. The van der Waals surface area contributed by atoms with Gasteiger partial charge in [0.15, 0.2) is 0 Å². The van der Waals surface area contributed by atoms with Gasteiger partial charge < -0.3 is 26.6 Å². The summed E-state index contributed by atoms with van der Waals surface area (Å²) in [5.41, 5.74) is 0. The van der Waals surface area contributed by atoms with Crippen molar-refractivity contribution in [2.75, 3.05) is 72.0 Å². The molecular weight excluding hydrogens is 398 g/mol. The average Bonchev–Trinajstić information content (AvgIpc) is 2.63. The van der Waals surface area contributed by atoms with E-state index < -0.39 is 17.6 Å². The molecule has 0 radical (unpaired) electrons. The number of rotatable bonds is 16. The van der Waals surface area contributed by atoms with Crippen LogP contribution in [0, 0.1) is 0 Å². The van der Waals surface area contributed by atoms with Crippen molar-refractivity contribution in [2.24, 2.45) is 0 Å². The van der Waals surface area contributed by atoms with Gasteiger partial charge in [-0.15, -0.1) is 0 Å². The lowest BCUT2D eigenvalue weighted by Crippen LogP contribution is -2.65. The molecule has 0 bridgehead atoms. The molecule has 0 aromatic heterocycles. The van der Waals surface area contributed by atoms with Crippen LogP contribution in [-0.2, 0) is 26.6 Å². The fraction of sp³-hybridized carbons (Fsp3) is 1.00. The molecule has 1 heterocycles. The van der Waals surface area contributed by atoms with Gasteiger partial charge >= 0.3 is 17.6 Å². The Morgan fingerprint density at radius 2 is 0.857 bits per heavy atom. The minimum atomic E-state index is -2.74. The van der Waals surface area contributed by atoms with Crippen LogP contribution in [0.1, 0.15) is 41.5 Å². The Kier molecular flexibility index (Phi) is 13.2. The van der Waals surface area contributed by atoms with Crippen LogP contribution in [0.4, 0.5) is 0 Å². The minimum Gasteiger partial charge on any atom is -0.373 e. The zero-order valence-corrected chi connectivity index (χ0v) is 20.6. The van der Waals surface area contributed by atoms with Gasteiger partial charge in [0.05, 0.1) is 32.3 Å². The van der Waals surface area contributed by atoms with Gasteiger partial charge in [-0.25, -0.2) is 0 Å². The standard InChI is InChI=1S/C17H41N3O6Si2/c1-7-21-27(22-8-2,23-9-3)16-19-13-18-14-20(15-19)17-28(24-10-4,25-11-5)26-12-6/h18H,7-17H2,1-6H3. The van der Waals surface area contributed by atoms with Crippen molar-refractivity contribution >= 4 is 17.6 Å². The molecule has 1 fully saturated rings. The molecule has 0 amide bonds. The zero-order valence-electron chi connectivity index (χ0n) is 18.6. The normalized spacial score (nSPS) is 17.4. The van der Waals surface area contributed by atoms with Crippen LogP contribution in [-0.4, -0.2) is 99.4 Å². The van der Waals surface area contributed by atoms with Crippen molar-refractivity contribution in [3.8, 4) is 0 Å². The van der Waals surface area contributed by atoms with Crippen molar-refractivity contribution in [1.29, 1.82) is 0 Å². The molecule has 0 atom stereocenters. The predicted octanol–water partition coefficient (Wildman–Crippen LogP) is 1.24. The highest BCUT2D eigenvalue weighted by atomic mass is 28.4. The van der Waals surface area contributed by atoms with E-state index in [9.17, 15) is 0 Å². The Bertz CT molecular complexity index is 343. The Labute approximate surface area is 173 Å². The van der Waals surface area contributed by atoms with Crippen LogP contribution in [0.3, 0.4) is 0 Å². The van der Waals surface area contributed by atoms with Crippen LogP contribution >= 0.6 is 0 Å². The minimum absolute atomic E-state index is 0.576. The Hall–Kier alpha value is 0.0738. The molecule has 1 N–H and O–H groups in total. The lowest BCUT2D eigenvalue weighted by atomic mass is 10.6. The third-order valence-electron chi connectivity index (χ3n) is 4.09. The SMILES string of the molecule is CCO[Si](CN1CNCN(C[Si](OCC)(OCC)OCC)C1)(OCC)OCC. The first-order chi connectivity index (χ1) is 13.5. The highest BCUT2D eigenvalue weighted by Gasteiger charge is 2.46. The monoisotopic (exact) mass is 439 g/mol. The number of hydrogen-bond donors (Lipinski definition) is 1. The number of nitrogens with zero attached hydrogens (tertiary/aromatic N) is 2. The van der Waals surface area contributed by atoms with Gasteiger partial charge in [0, 0.05) is 39.6 Å². The molecule has 1 aliphatic rings. The van der Waals surface area contributed by atoms with E-state index in [1.807, 2.05) is 41.5 Å². The second-order valence-corrected chi connectivity index (χ2v) is 11.4. The number of nitrogens with one attached hydrogen (secondary N) is 1. The second kappa shape index (κ2) is 14.1. The van der Waals surface area contributed by atoms with Gasteiger partial charge in [-0.05, 0) is 41.5 Å². The molecule has 11 heteroatoms. The van der Waals surface area contributed by atoms with Gasteiger partial charge in [-0.2, -0.15) is 0 Å². The van der Waals surface area contributed by atoms with Crippen LogP contribution in [0.2, 0.25) is 0 Å². The van der Waals surface area contributed by atoms with Gasteiger partial charge in [-0.3, -0.25) is 15.1 Å². The van der Waals surface area contributed by atoms with E-state index in [0.717, 1.165) is 20.0 Å². The Balaban J connectivity index is 2.82. The molecule has 0 spiro atoms. The summed E-state index contributed by atoms with van der Waals surface area (Å²) >= 11 is 0. The first kappa shape index (κ1) is 26.1. The predicted molar refractivity (Wildman–Crippen MR) is 112 cm³/mol. The molecule has 0 saturated carbocycles. The summed E-state index contributed by atoms with van der Waals surface area (Å²) in [5, 5.41) is 3.45. The largest absolute Gasteiger partial charge is 0.515 e. The van der Waals surface area contributed by atoms with E-state index in [0.29, 0.717) is 52.0 Å². The summed E-state index contributed by atoms with van der Waals surface area (Å²) in [6.07, 6.45) is 1.27. The molecule has 1 saturated heterocycles. The van der Waals surface area contributed by atoms with E-state index in [1.165, 1.54) is 0 Å². The van der Waals surface area contributed by atoms with E-state index in [2.05, 4.69) is 15.1 Å². The van der Waals surface area contributed by atoms with Crippen molar-refractivity contribution in [3.05, 3.63) is 0 Å². The zero-order chi connectivity index (χ0) is 20.9. The smallest absolute Gasteiger partial charge is 0.373 e. The average molecular weight is 440 g/mol. The Morgan fingerprint density at radius 3 is 1.11 bits per heavy atom. The summed E-state index contributed by atoms with van der Waals surface area (Å²) in [4.78, 5) is 4.53. The van der Waals surface area contributed by atoms with Crippen molar-refractivity contribution < 1.29 is 26.6 Å². The van der Waals surface area contributed by atoms with Gasteiger partial charge in [0.2, 0.25) is 0 Å². The first-order valence-electron chi connectivity index (χ1n) is 10.5. The molecule has 0 aliphatic carbocycles. The maximum absolute atomic E-state index is 6.01. The van der Waals surface area contributed by atoms with Crippen LogP contribution in [0.25, 0.3) is 0 Å². The molecule has 0 aromatic carbocycles. The molecule has 1 aliphatic heterocycles. The summed E-state index contributed by atoms with van der Waals surface area (Å²) in [7, 11) is -5.48. The third kappa shape index (κ3) is 8.44. The molecule has 1 rings (SSSR count). The van der Waals surface area contributed by atoms with E-state index in [-0.39, 0.29) is 0 Å². The maximum Gasteiger partial charge on any atom is 0.515 e. The van der Waals surface area contributed by atoms with Gasteiger partial charge in [-0.1, -0.05) is 0 Å². The quantitative estimate of drug-likeness (QED) is 0.358. The van der Waals surface area contributed by atoms with Crippen molar-refractivity contribution in [2.45, 2.75) is 41.5 Å². The van der Waals surface area contributed by atoms with Gasteiger partial charge in [0.1, 0.15) is 0 Å². The van der Waals surface area contributed by atoms with Gasteiger partial charge in [0.25, 0.3) is 0 Å². The molecule has 28 heavy (non-hydrogen) atoms. The summed E-state index contributed by atoms with van der Waals surface area (Å²) in [6.45, 7) is 17.6. The summed E-state index contributed by atoms with van der Waals surface area (Å²) in [5.74, 6) is 0. The van der Waals surface area contributed by atoms with Crippen LogP contribution in [0.5, 0.6) is 0 Å². The second-order valence-electron chi connectivity index (χ2n) is 6.33. The molecule has 168 valence electrons.